The van der Waals surface area contributed by atoms with E-state index in [1.54, 1.807) is 18.6 Å². The summed E-state index contributed by atoms with van der Waals surface area (Å²) in [5.74, 6) is 1.86. The van der Waals surface area contributed by atoms with Crippen molar-refractivity contribution in [3.05, 3.63) is 40.4 Å². The van der Waals surface area contributed by atoms with Crippen LogP contribution in [0.1, 0.15) is 40.9 Å². The molecule has 0 spiro atoms. The lowest BCUT2D eigenvalue weighted by Crippen LogP contribution is -2.27. The Morgan fingerprint density at radius 3 is 3.00 bits per heavy atom. The molecule has 0 radical (unpaired) electrons. The molecule has 2 N–H and O–H groups in total. The Labute approximate surface area is 124 Å². The molecule has 104 valence electrons. The van der Waals surface area contributed by atoms with Crippen molar-refractivity contribution in [1.82, 2.24) is 25.3 Å². The van der Waals surface area contributed by atoms with E-state index in [4.69, 9.17) is 0 Å². The SMILES string of the molecule is O=C(NCCc1ncc[nH]1)c1nc(C2CC2)ncc1Br. The summed E-state index contributed by atoms with van der Waals surface area (Å²) in [6.45, 7) is 0.515. The molecule has 2 aromatic heterocycles. The lowest BCUT2D eigenvalue weighted by atomic mass is 10.3. The molecule has 1 aliphatic rings. The number of halogens is 1. The standard InChI is InChI=1S/C13H14BrN5O/c14-9-7-18-12(8-1-2-8)19-11(9)13(20)17-4-3-10-15-5-6-16-10/h5-8H,1-4H2,(H,15,16)(H,17,20). The minimum Gasteiger partial charge on any atom is -0.350 e. The maximum Gasteiger partial charge on any atom is 0.271 e. The molecular formula is C13H14BrN5O. The first-order chi connectivity index (χ1) is 9.74. The van der Waals surface area contributed by atoms with Crippen molar-refractivity contribution in [3.63, 3.8) is 0 Å². The Bertz CT molecular complexity index is 609. The zero-order chi connectivity index (χ0) is 13.9. The first kappa shape index (κ1) is 13.2. The Hall–Kier alpha value is -1.76. The van der Waals surface area contributed by atoms with Crippen LogP contribution in [0.5, 0.6) is 0 Å². The van der Waals surface area contributed by atoms with Gasteiger partial charge in [0, 0.05) is 37.5 Å². The molecular weight excluding hydrogens is 322 g/mol. The molecule has 3 rings (SSSR count). The van der Waals surface area contributed by atoms with Crippen molar-refractivity contribution in [3.8, 4) is 0 Å². The van der Waals surface area contributed by atoms with Crippen LogP contribution in [0.25, 0.3) is 0 Å². The fourth-order valence-corrected chi connectivity index (χ4v) is 2.26. The normalized spacial score (nSPS) is 14.2. The van der Waals surface area contributed by atoms with E-state index in [0.717, 1.165) is 24.5 Å². The summed E-state index contributed by atoms with van der Waals surface area (Å²) in [5.41, 5.74) is 0.404. The third-order valence-corrected chi connectivity index (χ3v) is 3.70. The highest BCUT2D eigenvalue weighted by atomic mass is 79.9. The van der Waals surface area contributed by atoms with Gasteiger partial charge in [-0.1, -0.05) is 0 Å². The van der Waals surface area contributed by atoms with Crippen LogP contribution in [0.4, 0.5) is 0 Å². The van der Waals surface area contributed by atoms with E-state index in [2.05, 4.69) is 41.2 Å². The highest BCUT2D eigenvalue weighted by Crippen LogP contribution is 2.38. The van der Waals surface area contributed by atoms with Crippen LogP contribution in [0.2, 0.25) is 0 Å². The Morgan fingerprint density at radius 2 is 2.30 bits per heavy atom. The molecule has 1 aliphatic carbocycles. The van der Waals surface area contributed by atoms with Gasteiger partial charge in [-0.25, -0.2) is 15.0 Å². The van der Waals surface area contributed by atoms with Crippen molar-refractivity contribution >= 4 is 21.8 Å². The van der Waals surface area contributed by atoms with Gasteiger partial charge >= 0.3 is 0 Å². The number of H-pyrrole nitrogens is 1. The van der Waals surface area contributed by atoms with Crippen molar-refractivity contribution in [2.24, 2.45) is 0 Å². The fraction of sp³-hybridized carbons (Fsp3) is 0.385. The average Bonchev–Trinajstić information content (AvgIpc) is 3.17. The van der Waals surface area contributed by atoms with Crippen molar-refractivity contribution in [2.75, 3.05) is 6.54 Å². The van der Waals surface area contributed by atoms with Crippen LogP contribution in [0.3, 0.4) is 0 Å². The van der Waals surface area contributed by atoms with E-state index in [9.17, 15) is 4.79 Å². The summed E-state index contributed by atoms with van der Waals surface area (Å²) in [5, 5.41) is 2.85. The van der Waals surface area contributed by atoms with Crippen LogP contribution in [0.15, 0.2) is 23.1 Å². The van der Waals surface area contributed by atoms with Gasteiger partial charge in [0.1, 0.15) is 17.3 Å². The van der Waals surface area contributed by atoms with Gasteiger partial charge in [0.05, 0.1) is 4.47 Å². The lowest BCUT2D eigenvalue weighted by Gasteiger charge is -2.06. The molecule has 2 aromatic rings. The molecule has 0 aliphatic heterocycles. The number of amides is 1. The van der Waals surface area contributed by atoms with Gasteiger partial charge < -0.3 is 10.3 Å². The van der Waals surface area contributed by atoms with Gasteiger partial charge in [-0.15, -0.1) is 0 Å². The zero-order valence-corrected chi connectivity index (χ0v) is 12.4. The zero-order valence-electron chi connectivity index (χ0n) is 10.8. The molecule has 1 fully saturated rings. The number of rotatable bonds is 5. The van der Waals surface area contributed by atoms with E-state index in [1.165, 1.54) is 0 Å². The highest BCUT2D eigenvalue weighted by Gasteiger charge is 2.27. The van der Waals surface area contributed by atoms with Crippen LogP contribution >= 0.6 is 15.9 Å². The van der Waals surface area contributed by atoms with Gasteiger partial charge in [-0.2, -0.15) is 0 Å². The second-order valence-corrected chi connectivity index (χ2v) is 5.60. The summed E-state index contributed by atoms with van der Waals surface area (Å²) < 4.78 is 0.623. The Balaban J connectivity index is 1.62. The minimum atomic E-state index is -0.187. The van der Waals surface area contributed by atoms with E-state index in [-0.39, 0.29) is 5.91 Å². The highest BCUT2D eigenvalue weighted by molar-refractivity contribution is 9.10. The molecule has 0 aromatic carbocycles. The van der Waals surface area contributed by atoms with Crippen LogP contribution in [-0.4, -0.2) is 32.4 Å². The number of aromatic amines is 1. The molecule has 7 heteroatoms. The third-order valence-electron chi connectivity index (χ3n) is 3.12. The summed E-state index contributed by atoms with van der Waals surface area (Å²) in [4.78, 5) is 27.8. The number of aromatic nitrogens is 4. The van der Waals surface area contributed by atoms with E-state index < -0.39 is 0 Å². The summed E-state index contributed by atoms with van der Waals surface area (Å²) in [6.07, 6.45) is 8.00. The predicted molar refractivity (Wildman–Crippen MR) is 76.3 cm³/mol. The number of imidazole rings is 1. The molecule has 0 unspecified atom stereocenters. The number of nitrogens with one attached hydrogen (secondary N) is 2. The molecule has 0 saturated heterocycles. The number of hydrogen-bond donors (Lipinski definition) is 2. The summed E-state index contributed by atoms with van der Waals surface area (Å²) in [6, 6.07) is 0. The molecule has 20 heavy (non-hydrogen) atoms. The van der Waals surface area contributed by atoms with Crippen molar-refractivity contribution < 1.29 is 4.79 Å². The van der Waals surface area contributed by atoms with Crippen LogP contribution in [-0.2, 0) is 6.42 Å². The van der Waals surface area contributed by atoms with Gasteiger partial charge in [0.25, 0.3) is 5.91 Å². The first-order valence-corrected chi connectivity index (χ1v) is 7.32. The van der Waals surface area contributed by atoms with E-state index >= 15 is 0 Å². The quantitative estimate of drug-likeness (QED) is 0.872. The molecule has 0 atom stereocenters. The van der Waals surface area contributed by atoms with Gasteiger partial charge in [-0.05, 0) is 28.8 Å². The first-order valence-electron chi connectivity index (χ1n) is 6.53. The second-order valence-electron chi connectivity index (χ2n) is 4.74. The van der Waals surface area contributed by atoms with Crippen LogP contribution < -0.4 is 5.32 Å². The fourth-order valence-electron chi connectivity index (χ4n) is 1.89. The number of carbonyl (C=O) groups excluding carboxylic acids is 1. The molecule has 1 amide bonds. The van der Waals surface area contributed by atoms with Crippen molar-refractivity contribution in [2.45, 2.75) is 25.2 Å². The van der Waals surface area contributed by atoms with Gasteiger partial charge in [0.15, 0.2) is 0 Å². The average molecular weight is 336 g/mol. The minimum absolute atomic E-state index is 0.187. The summed E-state index contributed by atoms with van der Waals surface area (Å²) >= 11 is 3.33. The smallest absolute Gasteiger partial charge is 0.271 e. The monoisotopic (exact) mass is 335 g/mol. The topological polar surface area (TPSA) is 83.6 Å². The number of nitrogens with zero attached hydrogens (tertiary/aromatic N) is 3. The van der Waals surface area contributed by atoms with E-state index in [0.29, 0.717) is 29.1 Å². The lowest BCUT2D eigenvalue weighted by molar-refractivity contribution is 0.0947. The Kier molecular flexibility index (Phi) is 3.77. The second kappa shape index (κ2) is 5.70. The van der Waals surface area contributed by atoms with Gasteiger partial charge in [0.2, 0.25) is 0 Å². The maximum absolute atomic E-state index is 12.1. The molecule has 1 saturated carbocycles. The summed E-state index contributed by atoms with van der Waals surface area (Å²) in [7, 11) is 0. The van der Waals surface area contributed by atoms with Crippen molar-refractivity contribution in [1.29, 1.82) is 0 Å². The largest absolute Gasteiger partial charge is 0.350 e. The predicted octanol–water partition coefficient (Wildman–Crippen LogP) is 1.81. The van der Waals surface area contributed by atoms with Gasteiger partial charge in [-0.3, -0.25) is 4.79 Å². The maximum atomic E-state index is 12.1. The molecule has 6 nitrogen and oxygen atoms in total. The molecule has 2 heterocycles. The van der Waals surface area contributed by atoms with E-state index in [1.807, 2.05) is 0 Å². The van der Waals surface area contributed by atoms with Crippen LogP contribution in [0, 0.1) is 0 Å². The molecule has 0 bridgehead atoms. The third kappa shape index (κ3) is 3.04. The number of carbonyl (C=O) groups is 1. The number of hydrogen-bond acceptors (Lipinski definition) is 4. The Morgan fingerprint density at radius 1 is 1.45 bits per heavy atom.